The van der Waals surface area contributed by atoms with Crippen molar-refractivity contribution < 1.29 is 14.3 Å². The summed E-state index contributed by atoms with van der Waals surface area (Å²) in [5, 5.41) is 2.73. The number of hydrogen-bond donors (Lipinski definition) is 1. The summed E-state index contributed by atoms with van der Waals surface area (Å²) in [4.78, 5) is 25.3. The molecule has 0 aliphatic carbocycles. The van der Waals surface area contributed by atoms with Gasteiger partial charge in [0, 0.05) is 26.3 Å². The van der Waals surface area contributed by atoms with Crippen LogP contribution in [0.3, 0.4) is 0 Å². The molecule has 0 unspecified atom stereocenters. The molecular formula is C16H24N2O3. The van der Waals surface area contributed by atoms with E-state index in [-0.39, 0.29) is 24.3 Å². The van der Waals surface area contributed by atoms with E-state index in [1.165, 1.54) is 11.8 Å². The Hall–Kier alpha value is -1.88. The molecule has 2 amide bonds. The number of hydrogen-bond acceptors (Lipinski definition) is 3. The molecule has 0 radical (unpaired) electrons. The van der Waals surface area contributed by atoms with Crippen LogP contribution in [0.25, 0.3) is 0 Å². The Morgan fingerprint density at radius 2 is 1.95 bits per heavy atom. The summed E-state index contributed by atoms with van der Waals surface area (Å²) in [6, 6.07) is 7.67. The summed E-state index contributed by atoms with van der Waals surface area (Å²) in [6.07, 6.45) is 0. The van der Waals surface area contributed by atoms with Crippen LogP contribution in [0.4, 0.5) is 5.69 Å². The molecule has 1 aromatic carbocycles. The highest BCUT2D eigenvalue weighted by Gasteiger charge is 2.19. The molecule has 5 nitrogen and oxygen atoms in total. The first-order chi connectivity index (χ1) is 9.97. The van der Waals surface area contributed by atoms with Crippen LogP contribution in [0.1, 0.15) is 32.3 Å². The van der Waals surface area contributed by atoms with E-state index in [0.29, 0.717) is 13.2 Å². The molecule has 0 atom stereocenters. The van der Waals surface area contributed by atoms with Gasteiger partial charge in [-0.1, -0.05) is 32.0 Å². The molecule has 1 N–H and O–H groups in total. The fourth-order valence-electron chi connectivity index (χ4n) is 2.08. The molecule has 0 spiro atoms. The average molecular weight is 292 g/mol. The lowest BCUT2D eigenvalue weighted by atomic mass is 10.0. The second-order valence-electron chi connectivity index (χ2n) is 5.16. The van der Waals surface area contributed by atoms with Gasteiger partial charge in [0.25, 0.3) is 0 Å². The van der Waals surface area contributed by atoms with Crippen LogP contribution < -0.4 is 10.2 Å². The van der Waals surface area contributed by atoms with Crippen molar-refractivity contribution in [2.75, 3.05) is 31.7 Å². The monoisotopic (exact) mass is 292 g/mol. The number of amides is 2. The second kappa shape index (κ2) is 8.42. The zero-order valence-electron chi connectivity index (χ0n) is 13.2. The molecule has 0 saturated heterocycles. The van der Waals surface area contributed by atoms with E-state index in [0.717, 1.165) is 11.3 Å². The molecule has 0 bridgehead atoms. The lowest BCUT2D eigenvalue weighted by Gasteiger charge is -2.24. The van der Waals surface area contributed by atoms with E-state index in [1.54, 1.807) is 7.11 Å². The average Bonchev–Trinajstić information content (AvgIpc) is 2.44. The molecule has 1 rings (SSSR count). The van der Waals surface area contributed by atoms with Gasteiger partial charge in [0.2, 0.25) is 11.8 Å². The van der Waals surface area contributed by atoms with Gasteiger partial charge in [0.15, 0.2) is 0 Å². The lowest BCUT2D eigenvalue weighted by Crippen LogP contribution is -2.41. The van der Waals surface area contributed by atoms with Crippen molar-refractivity contribution in [3.05, 3.63) is 29.8 Å². The minimum Gasteiger partial charge on any atom is -0.383 e. The highest BCUT2D eigenvalue weighted by atomic mass is 16.5. The van der Waals surface area contributed by atoms with Crippen molar-refractivity contribution >= 4 is 17.5 Å². The van der Waals surface area contributed by atoms with Crippen LogP contribution >= 0.6 is 0 Å². The predicted molar refractivity (Wildman–Crippen MR) is 83.4 cm³/mol. The maximum Gasteiger partial charge on any atom is 0.240 e. The van der Waals surface area contributed by atoms with Gasteiger partial charge in [-0.25, -0.2) is 0 Å². The Kier molecular flexibility index (Phi) is 6.88. The van der Waals surface area contributed by atoms with Gasteiger partial charge in [-0.05, 0) is 17.5 Å². The van der Waals surface area contributed by atoms with Crippen molar-refractivity contribution in [2.45, 2.75) is 26.7 Å². The molecule has 0 aromatic heterocycles. The number of ether oxygens (including phenoxy) is 1. The predicted octanol–water partition coefficient (Wildman–Crippen LogP) is 1.93. The highest BCUT2D eigenvalue weighted by molar-refractivity contribution is 5.98. The standard InChI is InChI=1S/C16H24N2O3/c1-12(2)14-7-5-6-8-15(14)18(13(3)19)11-16(20)17-9-10-21-4/h5-8,12H,9-11H2,1-4H3,(H,17,20). The van der Waals surface area contributed by atoms with Crippen LogP contribution in [0.5, 0.6) is 0 Å². The van der Waals surface area contributed by atoms with Gasteiger partial charge in [-0.15, -0.1) is 0 Å². The first-order valence-electron chi connectivity index (χ1n) is 7.10. The number of anilines is 1. The second-order valence-corrected chi connectivity index (χ2v) is 5.16. The summed E-state index contributed by atoms with van der Waals surface area (Å²) in [5.74, 6) is -0.0644. The molecule has 0 heterocycles. The molecule has 21 heavy (non-hydrogen) atoms. The topological polar surface area (TPSA) is 58.6 Å². The summed E-state index contributed by atoms with van der Waals surface area (Å²) in [5.41, 5.74) is 1.85. The van der Waals surface area contributed by atoms with E-state index < -0.39 is 0 Å². The van der Waals surface area contributed by atoms with Crippen LogP contribution in [-0.4, -0.2) is 38.6 Å². The van der Waals surface area contributed by atoms with Crippen molar-refractivity contribution in [1.29, 1.82) is 0 Å². The smallest absolute Gasteiger partial charge is 0.240 e. The number of carbonyl (C=O) groups is 2. The number of para-hydroxylation sites is 1. The third kappa shape index (κ3) is 5.19. The minimum absolute atomic E-state index is 0.0166. The number of methoxy groups -OCH3 is 1. The third-order valence-corrected chi connectivity index (χ3v) is 3.16. The quantitative estimate of drug-likeness (QED) is 0.781. The number of benzene rings is 1. The number of nitrogens with zero attached hydrogens (tertiary/aromatic N) is 1. The zero-order valence-corrected chi connectivity index (χ0v) is 13.2. The van der Waals surface area contributed by atoms with Crippen molar-refractivity contribution in [2.24, 2.45) is 0 Å². The van der Waals surface area contributed by atoms with Crippen molar-refractivity contribution in [3.8, 4) is 0 Å². The first-order valence-corrected chi connectivity index (χ1v) is 7.10. The van der Waals surface area contributed by atoms with Crippen molar-refractivity contribution in [3.63, 3.8) is 0 Å². The van der Waals surface area contributed by atoms with E-state index in [2.05, 4.69) is 19.2 Å². The summed E-state index contributed by atoms with van der Waals surface area (Å²) in [7, 11) is 1.58. The molecule has 0 saturated carbocycles. The fraction of sp³-hybridized carbons (Fsp3) is 0.500. The molecule has 0 fully saturated rings. The van der Waals surface area contributed by atoms with E-state index in [4.69, 9.17) is 4.74 Å². The Morgan fingerprint density at radius 3 is 2.52 bits per heavy atom. The van der Waals surface area contributed by atoms with Gasteiger partial charge in [0.1, 0.15) is 6.54 Å². The van der Waals surface area contributed by atoms with Gasteiger partial charge in [-0.3, -0.25) is 9.59 Å². The Labute approximate surface area is 126 Å². The maximum atomic E-state index is 11.9. The van der Waals surface area contributed by atoms with Crippen LogP contribution in [0.15, 0.2) is 24.3 Å². The molecular weight excluding hydrogens is 268 g/mol. The Balaban J connectivity index is 2.88. The van der Waals surface area contributed by atoms with Crippen LogP contribution in [0, 0.1) is 0 Å². The van der Waals surface area contributed by atoms with Gasteiger partial charge in [-0.2, -0.15) is 0 Å². The number of nitrogens with one attached hydrogen (secondary N) is 1. The van der Waals surface area contributed by atoms with Crippen LogP contribution in [0.2, 0.25) is 0 Å². The number of rotatable bonds is 7. The zero-order chi connectivity index (χ0) is 15.8. The Bertz CT molecular complexity index is 486. The van der Waals surface area contributed by atoms with Crippen LogP contribution in [-0.2, 0) is 14.3 Å². The maximum absolute atomic E-state index is 11.9. The SMILES string of the molecule is COCCNC(=O)CN(C(C)=O)c1ccccc1C(C)C. The van der Waals surface area contributed by atoms with Gasteiger partial charge in [0.05, 0.1) is 6.61 Å². The minimum atomic E-state index is -0.194. The highest BCUT2D eigenvalue weighted by Crippen LogP contribution is 2.27. The van der Waals surface area contributed by atoms with Gasteiger partial charge >= 0.3 is 0 Å². The molecule has 0 aliphatic heterocycles. The fourth-order valence-corrected chi connectivity index (χ4v) is 2.08. The number of carbonyl (C=O) groups excluding carboxylic acids is 2. The molecule has 1 aromatic rings. The molecule has 0 aliphatic rings. The van der Waals surface area contributed by atoms with Gasteiger partial charge < -0.3 is 15.0 Å². The van der Waals surface area contributed by atoms with E-state index in [9.17, 15) is 9.59 Å². The van der Waals surface area contributed by atoms with E-state index >= 15 is 0 Å². The summed E-state index contributed by atoms with van der Waals surface area (Å²) in [6.45, 7) is 6.51. The summed E-state index contributed by atoms with van der Waals surface area (Å²) >= 11 is 0. The first kappa shape index (κ1) is 17.2. The van der Waals surface area contributed by atoms with Crippen molar-refractivity contribution in [1.82, 2.24) is 5.32 Å². The molecule has 116 valence electrons. The largest absolute Gasteiger partial charge is 0.383 e. The van der Waals surface area contributed by atoms with E-state index in [1.807, 2.05) is 24.3 Å². The summed E-state index contributed by atoms with van der Waals surface area (Å²) < 4.78 is 4.88. The third-order valence-electron chi connectivity index (χ3n) is 3.16. The normalized spacial score (nSPS) is 10.5. The Morgan fingerprint density at radius 1 is 1.29 bits per heavy atom. The molecule has 5 heteroatoms. The lowest BCUT2D eigenvalue weighted by molar-refractivity contribution is -0.123.